The van der Waals surface area contributed by atoms with Gasteiger partial charge in [0.15, 0.2) is 21.4 Å². The van der Waals surface area contributed by atoms with E-state index in [1.165, 1.54) is 12.1 Å². The predicted octanol–water partition coefficient (Wildman–Crippen LogP) is 6.67. The predicted molar refractivity (Wildman–Crippen MR) is 121 cm³/mol. The number of halogens is 6. The second kappa shape index (κ2) is 9.76. The highest BCUT2D eigenvalue weighted by Gasteiger charge is 2.39. The van der Waals surface area contributed by atoms with Crippen LogP contribution in [-0.4, -0.2) is 31.9 Å². The number of benzene rings is 2. The van der Waals surface area contributed by atoms with Crippen molar-refractivity contribution in [3.8, 4) is 0 Å². The van der Waals surface area contributed by atoms with Crippen molar-refractivity contribution in [1.82, 2.24) is 0 Å². The van der Waals surface area contributed by atoms with Crippen molar-refractivity contribution in [2.24, 2.45) is 5.92 Å². The lowest BCUT2D eigenvalue weighted by molar-refractivity contribution is -0.139. The van der Waals surface area contributed by atoms with Gasteiger partial charge in [-0.05, 0) is 41.2 Å². The molecule has 0 saturated carbocycles. The van der Waals surface area contributed by atoms with Crippen LogP contribution >= 0.6 is 23.2 Å². The van der Waals surface area contributed by atoms with Crippen LogP contribution in [0.4, 0.5) is 17.6 Å². The van der Waals surface area contributed by atoms with Gasteiger partial charge in [0.1, 0.15) is 0 Å². The molecule has 2 aromatic carbocycles. The summed E-state index contributed by atoms with van der Waals surface area (Å²) in [6.07, 6.45) is -1.89. The van der Waals surface area contributed by atoms with Crippen LogP contribution in [0.1, 0.15) is 46.3 Å². The summed E-state index contributed by atoms with van der Waals surface area (Å²) < 4.78 is 77.3. The lowest BCUT2D eigenvalue weighted by atomic mass is 9.93. The minimum atomic E-state index is -4.67. The topological polar surface area (TPSA) is 51.2 Å². The summed E-state index contributed by atoms with van der Waals surface area (Å²) in [5.74, 6) is -3.45. The Morgan fingerprint density at radius 1 is 1.15 bits per heavy atom. The number of sulfone groups is 1. The third-order valence-corrected chi connectivity index (χ3v) is 7.97. The van der Waals surface area contributed by atoms with Crippen molar-refractivity contribution in [2.75, 3.05) is 11.5 Å². The molecular formula is C23H20Cl2F4O3S. The molecule has 178 valence electrons. The molecule has 0 aliphatic carbocycles. The van der Waals surface area contributed by atoms with Crippen LogP contribution in [-0.2, 0) is 16.3 Å². The Hall–Kier alpha value is -1.90. The van der Waals surface area contributed by atoms with E-state index < -0.39 is 37.8 Å². The van der Waals surface area contributed by atoms with E-state index >= 15 is 0 Å². The zero-order valence-corrected chi connectivity index (χ0v) is 19.8. The summed E-state index contributed by atoms with van der Waals surface area (Å²) in [6, 6.07) is 6.48. The van der Waals surface area contributed by atoms with Crippen LogP contribution < -0.4 is 0 Å². The molecule has 33 heavy (non-hydrogen) atoms. The summed E-state index contributed by atoms with van der Waals surface area (Å²) in [4.78, 5) is 12.6. The lowest BCUT2D eigenvalue weighted by Gasteiger charge is -2.25. The largest absolute Gasteiger partial charge is 0.399 e. The molecule has 0 radical (unpaired) electrons. The second-order valence-electron chi connectivity index (χ2n) is 8.02. The Morgan fingerprint density at radius 3 is 2.27 bits per heavy atom. The number of allylic oxidation sites excluding steroid dienone is 1. The number of aryl methyl sites for hydroxylation is 1. The van der Waals surface area contributed by atoms with Gasteiger partial charge in [0.2, 0.25) is 0 Å². The molecule has 1 fully saturated rings. The van der Waals surface area contributed by atoms with E-state index in [0.717, 1.165) is 18.2 Å². The van der Waals surface area contributed by atoms with Gasteiger partial charge in [-0.3, -0.25) is 4.79 Å². The number of hydrogen-bond donors (Lipinski definition) is 0. The number of hydrogen-bond acceptors (Lipinski definition) is 3. The maximum absolute atomic E-state index is 13.7. The highest BCUT2D eigenvalue weighted by molar-refractivity contribution is 7.92. The van der Waals surface area contributed by atoms with Crippen LogP contribution in [0.3, 0.4) is 0 Å². The normalized spacial score (nSPS) is 17.2. The molecule has 0 amide bonds. The molecule has 1 heterocycles. The first kappa shape index (κ1) is 25.7. The summed E-state index contributed by atoms with van der Waals surface area (Å²) in [6.45, 7) is 1.81. The van der Waals surface area contributed by atoms with Gasteiger partial charge in [-0.25, -0.2) is 12.8 Å². The van der Waals surface area contributed by atoms with Crippen molar-refractivity contribution in [3.05, 3.63) is 74.5 Å². The highest BCUT2D eigenvalue weighted by atomic mass is 35.5. The van der Waals surface area contributed by atoms with Crippen molar-refractivity contribution in [2.45, 2.75) is 31.9 Å². The minimum absolute atomic E-state index is 0.00271. The van der Waals surface area contributed by atoms with Crippen LogP contribution in [0.5, 0.6) is 0 Å². The third kappa shape index (κ3) is 6.16. The fraction of sp³-hybridized carbons (Fsp3) is 0.348. The van der Waals surface area contributed by atoms with Crippen molar-refractivity contribution in [1.29, 1.82) is 0 Å². The summed E-state index contributed by atoms with van der Waals surface area (Å²) >= 11 is 11.3. The maximum atomic E-state index is 13.7. The monoisotopic (exact) mass is 522 g/mol. The average Bonchev–Trinajstić information content (AvgIpc) is 2.69. The van der Waals surface area contributed by atoms with Gasteiger partial charge >= 0.3 is 6.18 Å². The molecule has 0 spiro atoms. The van der Waals surface area contributed by atoms with Gasteiger partial charge in [-0.1, -0.05) is 60.5 Å². The highest BCUT2D eigenvalue weighted by Crippen LogP contribution is 2.39. The number of ketones is 1. The van der Waals surface area contributed by atoms with Crippen molar-refractivity contribution >= 4 is 44.9 Å². The molecule has 3 nitrogen and oxygen atoms in total. The Bertz CT molecular complexity index is 1170. The molecule has 0 N–H and O–H groups in total. The summed E-state index contributed by atoms with van der Waals surface area (Å²) in [7, 11) is -3.03. The first-order valence-electron chi connectivity index (χ1n) is 10.1. The number of alkyl halides is 3. The second-order valence-corrected chi connectivity index (χ2v) is 11.0. The summed E-state index contributed by atoms with van der Waals surface area (Å²) in [5, 5.41) is -1.01. The molecule has 1 saturated heterocycles. The van der Waals surface area contributed by atoms with Gasteiger partial charge in [0.05, 0.1) is 27.5 Å². The third-order valence-electron chi connectivity index (χ3n) is 5.46. The molecule has 3 rings (SSSR count). The van der Waals surface area contributed by atoms with Gasteiger partial charge < -0.3 is 0 Å². The SMILES string of the molecule is CCc1cc(/C=C/C(c2cc(Cl)c(F)c(Cl)c2)C(F)(F)F)ccc1C(=O)CC1CS(=O)(=O)C1. The number of carbonyl (C=O) groups excluding carboxylic acids is 1. The Kier molecular flexibility index (Phi) is 7.61. The molecule has 0 aromatic heterocycles. The molecule has 2 aromatic rings. The van der Waals surface area contributed by atoms with E-state index in [4.69, 9.17) is 23.2 Å². The zero-order valence-electron chi connectivity index (χ0n) is 17.4. The number of rotatable bonds is 7. The fourth-order valence-corrected chi connectivity index (χ4v) is 5.89. The van der Waals surface area contributed by atoms with Gasteiger partial charge in [-0.2, -0.15) is 13.2 Å². The van der Waals surface area contributed by atoms with Gasteiger partial charge in [0.25, 0.3) is 0 Å². The number of Topliss-reactive ketones (excluding diaryl/α,β-unsaturated/α-hetero) is 1. The molecule has 1 aliphatic rings. The fourth-order valence-electron chi connectivity index (χ4n) is 3.81. The van der Waals surface area contributed by atoms with E-state index in [-0.39, 0.29) is 35.2 Å². The van der Waals surface area contributed by atoms with E-state index in [1.807, 2.05) is 6.92 Å². The van der Waals surface area contributed by atoms with Crippen molar-refractivity contribution in [3.63, 3.8) is 0 Å². The minimum Gasteiger partial charge on any atom is -0.294 e. The smallest absolute Gasteiger partial charge is 0.294 e. The zero-order chi connectivity index (χ0) is 24.6. The van der Waals surface area contributed by atoms with Crippen LogP contribution in [0.2, 0.25) is 10.0 Å². The first-order valence-corrected chi connectivity index (χ1v) is 12.6. The van der Waals surface area contributed by atoms with Crippen molar-refractivity contribution < 1.29 is 30.8 Å². The molecule has 10 heteroatoms. The molecular weight excluding hydrogens is 503 g/mol. The lowest BCUT2D eigenvalue weighted by Crippen LogP contribution is -2.37. The Labute approximate surface area is 199 Å². The molecule has 0 bridgehead atoms. The summed E-state index contributed by atoms with van der Waals surface area (Å²) in [5.41, 5.74) is 1.24. The Balaban J connectivity index is 1.85. The average molecular weight is 523 g/mol. The van der Waals surface area contributed by atoms with Gasteiger partial charge in [0, 0.05) is 12.0 Å². The first-order chi connectivity index (χ1) is 15.3. The van der Waals surface area contributed by atoms with Crippen LogP contribution in [0.25, 0.3) is 6.08 Å². The quantitative estimate of drug-likeness (QED) is 0.231. The molecule has 1 atom stereocenters. The van der Waals surface area contributed by atoms with Crippen LogP contribution in [0.15, 0.2) is 36.4 Å². The number of carbonyl (C=O) groups is 1. The maximum Gasteiger partial charge on any atom is 0.399 e. The van der Waals surface area contributed by atoms with Gasteiger partial charge in [-0.15, -0.1) is 0 Å². The van der Waals surface area contributed by atoms with Crippen LogP contribution in [0, 0.1) is 11.7 Å². The van der Waals surface area contributed by atoms with E-state index in [1.54, 1.807) is 12.1 Å². The van der Waals surface area contributed by atoms with E-state index in [9.17, 15) is 30.8 Å². The standard InChI is InChI=1S/C23H20Cl2F4O3S/c1-2-15-7-13(3-5-17(15)21(30)8-14-11-33(31,32)12-14)4-6-18(23(27,28)29)16-9-19(24)22(26)20(25)10-16/h3-7,9-10,14,18H,2,8,11-12H2,1H3/b6-4+. The van der Waals surface area contributed by atoms with E-state index in [0.29, 0.717) is 23.1 Å². The Morgan fingerprint density at radius 2 is 1.76 bits per heavy atom. The van der Waals surface area contributed by atoms with E-state index in [2.05, 4.69) is 0 Å². The molecule has 1 aliphatic heterocycles. The molecule has 1 unspecified atom stereocenters.